The number of hydrogen-bond acceptors (Lipinski definition) is 4. The molecule has 0 amide bonds. The van der Waals surface area contributed by atoms with Crippen LogP contribution in [0.1, 0.15) is 12.5 Å². The molecule has 5 nitrogen and oxygen atoms in total. The van der Waals surface area contributed by atoms with Crippen LogP contribution in [0.25, 0.3) is 32.9 Å². The van der Waals surface area contributed by atoms with E-state index in [2.05, 4.69) is 28.4 Å². The van der Waals surface area contributed by atoms with Gasteiger partial charge in [0, 0.05) is 16.5 Å². The van der Waals surface area contributed by atoms with Crippen molar-refractivity contribution < 1.29 is 9.47 Å². The third-order valence-electron chi connectivity index (χ3n) is 4.43. The number of aromatic nitrogens is 2. The van der Waals surface area contributed by atoms with Gasteiger partial charge in [0.15, 0.2) is 0 Å². The van der Waals surface area contributed by atoms with E-state index in [1.165, 1.54) is 0 Å². The summed E-state index contributed by atoms with van der Waals surface area (Å²) in [6.45, 7) is 2.35. The summed E-state index contributed by atoms with van der Waals surface area (Å²) < 4.78 is 10.6. The number of benzene rings is 3. The van der Waals surface area contributed by atoms with Crippen molar-refractivity contribution in [3.05, 3.63) is 60.2 Å². The molecule has 0 aliphatic heterocycles. The third-order valence-corrected chi connectivity index (χ3v) is 4.43. The van der Waals surface area contributed by atoms with E-state index in [1.54, 1.807) is 7.11 Å². The van der Waals surface area contributed by atoms with Crippen molar-refractivity contribution in [1.29, 1.82) is 5.41 Å². The van der Waals surface area contributed by atoms with E-state index in [-0.39, 0.29) is 18.3 Å². The molecule has 0 aliphatic rings. The molecule has 138 valence electrons. The molecular weight excluding hydrogens is 362 g/mol. The highest BCUT2D eigenvalue weighted by Gasteiger charge is 2.12. The molecule has 4 rings (SSSR count). The molecule has 2 N–H and O–H groups in total. The van der Waals surface area contributed by atoms with Crippen LogP contribution in [-0.4, -0.2) is 29.8 Å². The Morgan fingerprint density at radius 2 is 1.81 bits per heavy atom. The van der Waals surface area contributed by atoms with Crippen molar-refractivity contribution in [1.82, 2.24) is 10.2 Å². The number of hydrogen-bond donors (Lipinski definition) is 2. The first-order valence-corrected chi connectivity index (χ1v) is 8.47. The largest absolute Gasteiger partial charge is 0.497 e. The smallest absolute Gasteiger partial charge is 0.213 e. The summed E-state index contributed by atoms with van der Waals surface area (Å²) in [6.07, 6.45) is 0. The Bertz CT molecular complexity index is 1120. The molecular formula is C21H20ClN3O2. The normalized spacial score (nSPS) is 10.6. The zero-order chi connectivity index (χ0) is 18.1. The number of ether oxygens (including phenoxy) is 2. The molecule has 0 saturated carbocycles. The summed E-state index contributed by atoms with van der Waals surface area (Å²) in [5.74, 6) is 1.02. The van der Waals surface area contributed by atoms with E-state index < -0.39 is 0 Å². The zero-order valence-corrected chi connectivity index (χ0v) is 15.9. The first-order valence-electron chi connectivity index (χ1n) is 8.47. The molecule has 1 heterocycles. The number of nitrogens with zero attached hydrogens (tertiary/aromatic N) is 1. The highest BCUT2D eigenvalue weighted by molar-refractivity contribution is 6.01. The van der Waals surface area contributed by atoms with Gasteiger partial charge < -0.3 is 9.47 Å². The van der Waals surface area contributed by atoms with E-state index in [1.807, 2.05) is 43.3 Å². The third kappa shape index (κ3) is 3.46. The Morgan fingerprint density at radius 3 is 2.59 bits per heavy atom. The van der Waals surface area contributed by atoms with Gasteiger partial charge in [-0.25, -0.2) is 0 Å². The summed E-state index contributed by atoms with van der Waals surface area (Å²) in [4.78, 5) is 0. The van der Waals surface area contributed by atoms with Crippen molar-refractivity contribution >= 4 is 40.0 Å². The van der Waals surface area contributed by atoms with Gasteiger partial charge in [0.25, 0.3) is 0 Å². The van der Waals surface area contributed by atoms with Gasteiger partial charge in [-0.05, 0) is 54.1 Å². The zero-order valence-electron chi connectivity index (χ0n) is 15.1. The molecule has 6 heteroatoms. The molecule has 0 radical (unpaired) electrons. The monoisotopic (exact) mass is 381 g/mol. The molecule has 0 spiro atoms. The highest BCUT2D eigenvalue weighted by Crippen LogP contribution is 2.30. The van der Waals surface area contributed by atoms with Crippen LogP contribution in [-0.2, 0) is 4.74 Å². The van der Waals surface area contributed by atoms with Gasteiger partial charge in [-0.1, -0.05) is 18.2 Å². The van der Waals surface area contributed by atoms with Gasteiger partial charge in [-0.15, -0.1) is 12.4 Å². The fraction of sp³-hybridized carbons (Fsp3) is 0.143. The van der Waals surface area contributed by atoms with Crippen molar-refractivity contribution in [2.45, 2.75) is 6.92 Å². The van der Waals surface area contributed by atoms with Gasteiger partial charge in [0.1, 0.15) is 5.75 Å². The highest BCUT2D eigenvalue weighted by atomic mass is 35.5. The van der Waals surface area contributed by atoms with Crippen LogP contribution in [0, 0.1) is 5.41 Å². The number of nitrogens with one attached hydrogen (secondary N) is 2. The quantitative estimate of drug-likeness (QED) is 0.378. The van der Waals surface area contributed by atoms with Crippen molar-refractivity contribution in [3.8, 4) is 17.0 Å². The predicted octanol–water partition coefficient (Wildman–Crippen LogP) is 5.18. The Kier molecular flexibility index (Phi) is 5.33. The van der Waals surface area contributed by atoms with E-state index in [0.717, 1.165) is 44.2 Å². The summed E-state index contributed by atoms with van der Waals surface area (Å²) in [5, 5.41) is 18.8. The average Bonchev–Trinajstić information content (AvgIpc) is 3.10. The van der Waals surface area contributed by atoms with Crippen LogP contribution in [0.2, 0.25) is 0 Å². The standard InChI is InChI=1S/C21H19N3O2.ClH/c1-3-26-21(22)16-7-9-19-18(12-16)20(24-23-19)15-5-4-14-11-17(25-2)8-6-13(14)10-15;/h4-12,22H,3H2,1-2H3,(H,23,24);1H. The SMILES string of the molecule is CCOC(=N)c1ccc2[nH]nc(-c3ccc4cc(OC)ccc4c3)c2c1.Cl. The summed E-state index contributed by atoms with van der Waals surface area (Å²) >= 11 is 0. The van der Waals surface area contributed by atoms with E-state index in [9.17, 15) is 0 Å². The number of rotatable bonds is 4. The van der Waals surface area contributed by atoms with Gasteiger partial charge >= 0.3 is 0 Å². The topological polar surface area (TPSA) is 71.0 Å². The van der Waals surface area contributed by atoms with Crippen LogP contribution >= 0.6 is 12.4 Å². The summed E-state index contributed by atoms with van der Waals surface area (Å²) in [5.41, 5.74) is 3.56. The molecule has 3 aromatic carbocycles. The van der Waals surface area contributed by atoms with Crippen LogP contribution in [0.4, 0.5) is 0 Å². The first kappa shape index (κ1) is 18.7. The lowest BCUT2D eigenvalue weighted by Crippen LogP contribution is -2.04. The second kappa shape index (κ2) is 7.68. The number of aromatic amines is 1. The second-order valence-electron chi connectivity index (χ2n) is 6.02. The number of fused-ring (bicyclic) bond motifs is 2. The fourth-order valence-corrected chi connectivity index (χ4v) is 3.10. The molecule has 27 heavy (non-hydrogen) atoms. The Labute approximate surface area is 163 Å². The molecule has 0 saturated heterocycles. The molecule has 0 atom stereocenters. The molecule has 0 unspecified atom stereocenters. The number of H-pyrrole nitrogens is 1. The molecule has 0 fully saturated rings. The van der Waals surface area contributed by atoms with E-state index in [0.29, 0.717) is 6.61 Å². The van der Waals surface area contributed by atoms with Crippen molar-refractivity contribution in [2.24, 2.45) is 0 Å². The maximum atomic E-state index is 8.01. The molecule has 0 aliphatic carbocycles. The van der Waals surface area contributed by atoms with E-state index >= 15 is 0 Å². The van der Waals surface area contributed by atoms with Crippen LogP contribution < -0.4 is 4.74 Å². The lowest BCUT2D eigenvalue weighted by Gasteiger charge is -2.06. The minimum Gasteiger partial charge on any atom is -0.497 e. The molecule has 1 aromatic heterocycles. The van der Waals surface area contributed by atoms with Gasteiger partial charge in [0.05, 0.1) is 24.9 Å². The van der Waals surface area contributed by atoms with Gasteiger partial charge in [0.2, 0.25) is 5.90 Å². The lowest BCUT2D eigenvalue weighted by molar-refractivity contribution is 0.325. The second-order valence-corrected chi connectivity index (χ2v) is 6.02. The Hall–Kier alpha value is -3.05. The minimum atomic E-state index is 0. The van der Waals surface area contributed by atoms with Gasteiger partial charge in [-0.3, -0.25) is 10.5 Å². The van der Waals surface area contributed by atoms with E-state index in [4.69, 9.17) is 14.9 Å². The predicted molar refractivity (Wildman–Crippen MR) is 111 cm³/mol. The van der Waals surface area contributed by atoms with Crippen molar-refractivity contribution in [2.75, 3.05) is 13.7 Å². The maximum Gasteiger partial charge on any atom is 0.213 e. The molecule has 4 aromatic rings. The Morgan fingerprint density at radius 1 is 1.04 bits per heavy atom. The average molecular weight is 382 g/mol. The summed E-state index contributed by atoms with van der Waals surface area (Å²) in [6, 6.07) is 18.0. The lowest BCUT2D eigenvalue weighted by atomic mass is 10.0. The van der Waals surface area contributed by atoms with Crippen molar-refractivity contribution in [3.63, 3.8) is 0 Å². The van der Waals surface area contributed by atoms with Crippen LogP contribution in [0.15, 0.2) is 54.6 Å². The number of methoxy groups -OCH3 is 1. The molecule has 0 bridgehead atoms. The first-order chi connectivity index (χ1) is 12.7. The van der Waals surface area contributed by atoms with Crippen LogP contribution in [0.5, 0.6) is 5.75 Å². The summed E-state index contributed by atoms with van der Waals surface area (Å²) in [7, 11) is 1.67. The van der Waals surface area contributed by atoms with Crippen LogP contribution in [0.3, 0.4) is 0 Å². The maximum absolute atomic E-state index is 8.01. The van der Waals surface area contributed by atoms with Gasteiger partial charge in [-0.2, -0.15) is 5.10 Å². The fourth-order valence-electron chi connectivity index (χ4n) is 3.10. The number of halogens is 1. The Balaban J connectivity index is 0.00000210. The minimum absolute atomic E-state index is 0.